The number of aldehydes is 1. The molecule has 2 fully saturated rings. The van der Waals surface area contributed by atoms with Gasteiger partial charge in [-0.15, -0.1) is 0 Å². The van der Waals surface area contributed by atoms with Crippen LogP contribution in [0.25, 0.3) is 11.1 Å². The van der Waals surface area contributed by atoms with E-state index in [9.17, 15) is 33.6 Å². The van der Waals surface area contributed by atoms with Crippen LogP contribution in [0.1, 0.15) is 176 Å². The Balaban J connectivity index is 0.713. The molecule has 5 atom stereocenters. The summed E-state index contributed by atoms with van der Waals surface area (Å²) in [6.45, 7) is 12.6. The molecule has 4 heterocycles. The van der Waals surface area contributed by atoms with E-state index in [2.05, 4.69) is 70.1 Å². The lowest BCUT2D eigenvalue weighted by atomic mass is 9.81. The molecular weight excluding hydrogens is 1190 g/mol. The van der Waals surface area contributed by atoms with E-state index in [4.69, 9.17) is 28.9 Å². The number of likely N-dealkylation sites (tertiary alicyclic amines) is 1. The third kappa shape index (κ3) is 17.5. The monoisotopic (exact) mass is 1290 g/mol. The van der Waals surface area contributed by atoms with Gasteiger partial charge >= 0.3 is 0 Å². The highest BCUT2D eigenvalue weighted by atomic mass is 16.5. The molecule has 4 aromatic carbocycles. The van der Waals surface area contributed by atoms with E-state index in [1.807, 2.05) is 45.4 Å². The van der Waals surface area contributed by atoms with Gasteiger partial charge in [-0.1, -0.05) is 90.5 Å². The van der Waals surface area contributed by atoms with Gasteiger partial charge in [0.2, 0.25) is 29.5 Å². The predicted octanol–water partition coefficient (Wildman–Crippen LogP) is 12.3. The molecular formula is C74H95N9O11. The quantitative estimate of drug-likeness (QED) is 0.0184. The number of amides is 6. The number of nitrogens with zero attached hydrogens (tertiary/aromatic N) is 6. The van der Waals surface area contributed by atoms with E-state index in [0.29, 0.717) is 96.3 Å². The van der Waals surface area contributed by atoms with Crippen molar-refractivity contribution < 1.29 is 52.5 Å². The molecule has 0 radical (unpaired) electrons. The summed E-state index contributed by atoms with van der Waals surface area (Å²) in [7, 11) is 5.07. The topological polar surface area (TPSA) is 230 Å². The van der Waals surface area contributed by atoms with Gasteiger partial charge in [0, 0.05) is 106 Å². The second-order valence-corrected chi connectivity index (χ2v) is 25.8. The first-order chi connectivity index (χ1) is 45.5. The Kier molecular flexibility index (Phi) is 24.7. The Hall–Kier alpha value is -8.81. The number of rotatable bonds is 31. The Morgan fingerprint density at radius 2 is 1.38 bits per heavy atom. The summed E-state index contributed by atoms with van der Waals surface area (Å²) in [6, 6.07) is 20.6. The maximum Gasteiger partial charge on any atom is 0.260 e. The molecule has 0 aromatic heterocycles. The maximum atomic E-state index is 14.2. The first-order valence-electron chi connectivity index (χ1n) is 33.9. The fraction of sp³-hybridized carbons (Fsp3) is 0.500. The van der Waals surface area contributed by atoms with Crippen molar-refractivity contribution in [1.82, 2.24) is 25.3 Å². The van der Waals surface area contributed by atoms with Crippen LogP contribution in [0.5, 0.6) is 23.0 Å². The minimum absolute atomic E-state index is 0.0109. The molecule has 20 heteroatoms. The summed E-state index contributed by atoms with van der Waals surface area (Å²) < 4.78 is 23.8. The molecule has 0 bridgehead atoms. The van der Waals surface area contributed by atoms with Crippen LogP contribution < -0.4 is 39.8 Å². The second kappa shape index (κ2) is 33.3. The molecule has 502 valence electrons. The van der Waals surface area contributed by atoms with E-state index in [0.717, 1.165) is 75.5 Å². The van der Waals surface area contributed by atoms with Crippen LogP contribution in [-0.4, -0.2) is 147 Å². The van der Waals surface area contributed by atoms with Gasteiger partial charge < -0.3 is 49.6 Å². The smallest absolute Gasteiger partial charge is 0.260 e. The summed E-state index contributed by atoms with van der Waals surface area (Å²) in [6.07, 6.45) is 22.5. The van der Waals surface area contributed by atoms with E-state index < -0.39 is 23.9 Å². The van der Waals surface area contributed by atoms with Crippen molar-refractivity contribution in [3.05, 3.63) is 107 Å². The van der Waals surface area contributed by atoms with Crippen LogP contribution in [0.3, 0.4) is 0 Å². The van der Waals surface area contributed by atoms with Gasteiger partial charge in [0.05, 0.1) is 62.4 Å². The molecule has 4 aliphatic heterocycles. The third-order valence-corrected chi connectivity index (χ3v) is 18.6. The largest absolute Gasteiger partial charge is 0.493 e. The van der Waals surface area contributed by atoms with Gasteiger partial charge in [-0.05, 0) is 122 Å². The summed E-state index contributed by atoms with van der Waals surface area (Å²) in [4.78, 5) is 110. The number of carbonyl (C=O) groups is 7. The SMILES string of the molecule is CCCN(CCC)c1ccc(C2=CN(C)C(C=Nc3cc(OCCCOc4cc5c(cc4OC)C(=O)N4C=C(c6ccc(NC(=O)C(C)NC(=O)C(NC(=O)CCCCCN7C(=O)CC(C8CCCCCCC8)C7=O)C(C)C)cc6)CC4C=N5)c(OC)cc3C=O)C2)cc1. The average Bonchev–Trinajstić information content (AvgIpc) is 1.61. The van der Waals surface area contributed by atoms with Gasteiger partial charge in [-0.3, -0.25) is 48.4 Å². The highest BCUT2D eigenvalue weighted by Crippen LogP contribution is 2.42. The number of hydrogen-bond donors (Lipinski definition) is 3. The van der Waals surface area contributed by atoms with Crippen molar-refractivity contribution in [3.8, 4) is 23.0 Å². The summed E-state index contributed by atoms with van der Waals surface area (Å²) >= 11 is 0. The van der Waals surface area contributed by atoms with Crippen LogP contribution in [0.4, 0.5) is 22.7 Å². The Morgan fingerprint density at radius 3 is 2.04 bits per heavy atom. The van der Waals surface area contributed by atoms with Gasteiger partial charge in [0.1, 0.15) is 12.1 Å². The van der Waals surface area contributed by atoms with E-state index in [1.165, 1.54) is 55.2 Å². The van der Waals surface area contributed by atoms with Crippen LogP contribution in [-0.2, 0) is 24.0 Å². The van der Waals surface area contributed by atoms with E-state index in [1.54, 1.807) is 54.4 Å². The van der Waals surface area contributed by atoms with Crippen molar-refractivity contribution in [2.45, 2.75) is 168 Å². The molecule has 9 rings (SSSR count). The van der Waals surface area contributed by atoms with Crippen molar-refractivity contribution in [2.75, 3.05) is 64.3 Å². The summed E-state index contributed by atoms with van der Waals surface area (Å²) in [5, 5.41) is 8.48. The molecule has 20 nitrogen and oxygen atoms in total. The second-order valence-electron chi connectivity index (χ2n) is 25.8. The highest BCUT2D eigenvalue weighted by Gasteiger charge is 2.42. The number of unbranched alkanes of at least 4 members (excludes halogenated alkanes) is 2. The molecule has 5 unspecified atom stereocenters. The number of anilines is 2. The van der Waals surface area contributed by atoms with Crippen molar-refractivity contribution in [2.24, 2.45) is 27.7 Å². The average molecular weight is 1290 g/mol. The number of ether oxygens (including phenoxy) is 4. The zero-order valence-corrected chi connectivity index (χ0v) is 56.1. The van der Waals surface area contributed by atoms with E-state index in [-0.39, 0.29) is 73.1 Å². The number of hydrogen-bond acceptors (Lipinski definition) is 15. The molecule has 1 saturated heterocycles. The lowest BCUT2D eigenvalue weighted by molar-refractivity contribution is -0.140. The fourth-order valence-electron chi connectivity index (χ4n) is 13.2. The molecule has 3 N–H and O–H groups in total. The predicted molar refractivity (Wildman–Crippen MR) is 368 cm³/mol. The first-order valence-corrected chi connectivity index (χ1v) is 33.9. The Labute approximate surface area is 554 Å². The Morgan fingerprint density at radius 1 is 0.734 bits per heavy atom. The minimum Gasteiger partial charge on any atom is -0.493 e. The van der Waals surface area contributed by atoms with Crippen LogP contribution in [0, 0.1) is 17.8 Å². The lowest BCUT2D eigenvalue weighted by Crippen LogP contribution is -2.53. The van der Waals surface area contributed by atoms with Gasteiger partial charge in [0.25, 0.3) is 5.91 Å². The number of benzene rings is 4. The number of fused-ring (bicyclic) bond motifs is 2. The highest BCUT2D eigenvalue weighted by molar-refractivity contribution is 6.06. The summed E-state index contributed by atoms with van der Waals surface area (Å²) in [5.41, 5.74) is 7.52. The van der Waals surface area contributed by atoms with Crippen LogP contribution in [0.2, 0.25) is 0 Å². The Bertz CT molecular complexity index is 3460. The molecule has 1 aliphatic carbocycles. The number of carbonyl (C=O) groups excluding carboxylic acids is 7. The zero-order chi connectivity index (χ0) is 66.8. The normalized spacial score (nSPS) is 18.8. The number of imide groups is 1. The fourth-order valence-corrected chi connectivity index (χ4v) is 13.2. The molecule has 1 saturated carbocycles. The van der Waals surface area contributed by atoms with Crippen LogP contribution in [0.15, 0.2) is 95.2 Å². The lowest BCUT2D eigenvalue weighted by Gasteiger charge is -2.24. The van der Waals surface area contributed by atoms with Gasteiger partial charge in [-0.2, -0.15) is 0 Å². The minimum atomic E-state index is -0.925. The molecule has 4 aromatic rings. The van der Waals surface area contributed by atoms with Gasteiger partial charge in [-0.25, -0.2) is 0 Å². The molecule has 5 aliphatic rings. The van der Waals surface area contributed by atoms with Crippen molar-refractivity contribution >= 4 is 88.1 Å². The molecule has 6 amide bonds. The van der Waals surface area contributed by atoms with Crippen molar-refractivity contribution in [3.63, 3.8) is 0 Å². The van der Waals surface area contributed by atoms with Crippen molar-refractivity contribution in [1.29, 1.82) is 0 Å². The number of nitrogens with one attached hydrogen (secondary N) is 3. The first kappa shape index (κ1) is 69.5. The number of methoxy groups -OCH3 is 2. The summed E-state index contributed by atoms with van der Waals surface area (Å²) in [5.74, 6) is -0.124. The standard InChI is InChI=1S/C74H95N9O11/c1-9-31-81(32-10-2)57-29-25-51(26-30-57)53-36-58(80(6)45-53)43-75-62-41-66(64(91-7)38-55(62)47-84)93-34-19-35-94-67-42-63-61(39-65(67)92-8)74(90)83-46-54(37-59(83)44-76-63)50-23-27-56(28-24-50)78-71(87)49(5)77-72(88)70(48(3)4)79-68(85)22-17-14-18-33-82-69(86)40-60(73(82)89)52-20-15-12-11-13-16-21-52/h23-30,38-39,41-49,52,58-60,70H,9-22,31-37,40H2,1-8H3,(H,77,88)(H,78,87)(H,79,85). The maximum absolute atomic E-state index is 14.2. The zero-order valence-electron chi connectivity index (χ0n) is 56.1. The number of aliphatic imine (C=N–C) groups is 2. The molecule has 94 heavy (non-hydrogen) atoms. The van der Waals surface area contributed by atoms with Crippen LogP contribution >= 0.6 is 0 Å². The van der Waals surface area contributed by atoms with E-state index >= 15 is 0 Å². The van der Waals surface area contributed by atoms with Gasteiger partial charge in [0.15, 0.2) is 29.3 Å². The third-order valence-electron chi connectivity index (χ3n) is 18.6. The molecule has 0 spiro atoms.